The van der Waals surface area contributed by atoms with Gasteiger partial charge in [0.2, 0.25) is 0 Å². The van der Waals surface area contributed by atoms with Crippen molar-refractivity contribution in [2.24, 2.45) is 0 Å². The molecular weight excluding hydrogens is 250 g/mol. The Bertz CT molecular complexity index is 441. The largest absolute Gasteiger partial charge is 0.339 e. The minimum absolute atomic E-state index is 0.0737. The second kappa shape index (κ2) is 5.33. The molecule has 0 bridgehead atoms. The molecule has 1 aromatic heterocycles. The molecule has 0 saturated carbocycles. The third kappa shape index (κ3) is 2.54. The molecule has 1 N–H and O–H groups in total. The number of aromatic nitrogens is 1. The van der Waals surface area contributed by atoms with Crippen LogP contribution in [-0.4, -0.2) is 41.1 Å². The van der Waals surface area contributed by atoms with Crippen LogP contribution in [-0.2, 0) is 0 Å². The summed E-state index contributed by atoms with van der Waals surface area (Å²) in [5.74, 6) is 0.0737. The molecule has 1 atom stereocenters. The molecule has 2 rings (SSSR count). The summed E-state index contributed by atoms with van der Waals surface area (Å²) in [5, 5.41) is 3.91. The van der Waals surface area contributed by atoms with Gasteiger partial charge in [0, 0.05) is 37.9 Å². The summed E-state index contributed by atoms with van der Waals surface area (Å²) < 4.78 is 1.94. The SMILES string of the molecule is CC(C)n1cc(Cl)cc1C(=O)N1CCNC[C@@H]1C. The highest BCUT2D eigenvalue weighted by molar-refractivity contribution is 6.31. The van der Waals surface area contributed by atoms with E-state index >= 15 is 0 Å². The molecule has 4 nitrogen and oxygen atoms in total. The van der Waals surface area contributed by atoms with Crippen molar-refractivity contribution in [2.75, 3.05) is 19.6 Å². The fourth-order valence-corrected chi connectivity index (χ4v) is 2.54. The molecule has 1 saturated heterocycles. The van der Waals surface area contributed by atoms with Crippen LogP contribution in [0.2, 0.25) is 5.02 Å². The van der Waals surface area contributed by atoms with Crippen LogP contribution in [0.5, 0.6) is 0 Å². The fourth-order valence-electron chi connectivity index (χ4n) is 2.33. The van der Waals surface area contributed by atoms with Crippen molar-refractivity contribution in [2.45, 2.75) is 32.9 Å². The predicted molar refractivity (Wildman–Crippen MR) is 73.2 cm³/mol. The van der Waals surface area contributed by atoms with E-state index in [-0.39, 0.29) is 18.0 Å². The minimum atomic E-state index is 0.0737. The van der Waals surface area contributed by atoms with Gasteiger partial charge in [-0.15, -0.1) is 0 Å². The number of hydrogen-bond donors (Lipinski definition) is 1. The van der Waals surface area contributed by atoms with Crippen LogP contribution < -0.4 is 5.32 Å². The maximum atomic E-state index is 12.6. The lowest BCUT2D eigenvalue weighted by atomic mass is 10.2. The smallest absolute Gasteiger partial charge is 0.270 e. The lowest BCUT2D eigenvalue weighted by Crippen LogP contribution is -2.52. The first-order chi connectivity index (χ1) is 8.50. The van der Waals surface area contributed by atoms with Gasteiger partial charge in [0.1, 0.15) is 5.69 Å². The second-order valence-electron chi connectivity index (χ2n) is 5.10. The van der Waals surface area contributed by atoms with E-state index in [1.165, 1.54) is 0 Å². The van der Waals surface area contributed by atoms with Crippen LogP contribution in [0.25, 0.3) is 0 Å². The number of piperazine rings is 1. The molecule has 1 amide bonds. The van der Waals surface area contributed by atoms with Crippen molar-refractivity contribution in [3.63, 3.8) is 0 Å². The number of hydrogen-bond acceptors (Lipinski definition) is 2. The molecule has 1 aromatic rings. The van der Waals surface area contributed by atoms with E-state index < -0.39 is 0 Å². The monoisotopic (exact) mass is 269 g/mol. The normalized spacial score (nSPS) is 20.5. The first-order valence-corrected chi connectivity index (χ1v) is 6.77. The van der Waals surface area contributed by atoms with E-state index in [2.05, 4.69) is 12.2 Å². The Kier molecular flexibility index (Phi) is 3.97. The first-order valence-electron chi connectivity index (χ1n) is 6.39. The van der Waals surface area contributed by atoms with Gasteiger partial charge in [-0.1, -0.05) is 11.6 Å². The highest BCUT2D eigenvalue weighted by Gasteiger charge is 2.26. The Morgan fingerprint density at radius 2 is 2.28 bits per heavy atom. The van der Waals surface area contributed by atoms with Crippen molar-refractivity contribution < 1.29 is 4.79 Å². The first kappa shape index (κ1) is 13.4. The standard InChI is InChI=1S/C13H20ClN3O/c1-9(2)17-8-11(14)6-12(17)13(18)16-5-4-15-7-10(16)3/h6,8-10,15H,4-5,7H2,1-3H3/t10-/m0/s1. The van der Waals surface area contributed by atoms with E-state index in [9.17, 15) is 4.79 Å². The van der Waals surface area contributed by atoms with Gasteiger partial charge in [0.05, 0.1) is 5.02 Å². The van der Waals surface area contributed by atoms with E-state index in [0.717, 1.165) is 19.6 Å². The van der Waals surface area contributed by atoms with Gasteiger partial charge < -0.3 is 14.8 Å². The highest BCUT2D eigenvalue weighted by Crippen LogP contribution is 2.21. The number of carbonyl (C=O) groups excluding carboxylic acids is 1. The lowest BCUT2D eigenvalue weighted by Gasteiger charge is -2.34. The van der Waals surface area contributed by atoms with Crippen molar-refractivity contribution in [1.82, 2.24) is 14.8 Å². The topological polar surface area (TPSA) is 37.3 Å². The van der Waals surface area contributed by atoms with Crippen LogP contribution >= 0.6 is 11.6 Å². The molecule has 2 heterocycles. The number of rotatable bonds is 2. The Labute approximate surface area is 113 Å². The predicted octanol–water partition coefficient (Wildman–Crippen LogP) is 2.16. The summed E-state index contributed by atoms with van der Waals surface area (Å²) >= 11 is 6.03. The number of nitrogens with zero attached hydrogens (tertiary/aromatic N) is 2. The Balaban J connectivity index is 2.27. The zero-order valence-corrected chi connectivity index (χ0v) is 11.9. The summed E-state index contributed by atoms with van der Waals surface area (Å²) in [4.78, 5) is 14.5. The van der Waals surface area contributed by atoms with Crippen LogP contribution in [0, 0.1) is 0 Å². The number of nitrogens with one attached hydrogen (secondary N) is 1. The van der Waals surface area contributed by atoms with Crippen LogP contribution in [0.15, 0.2) is 12.3 Å². The Morgan fingerprint density at radius 1 is 1.56 bits per heavy atom. The van der Waals surface area contributed by atoms with Gasteiger partial charge in [-0.2, -0.15) is 0 Å². The molecule has 0 unspecified atom stereocenters. The van der Waals surface area contributed by atoms with Crippen LogP contribution in [0.3, 0.4) is 0 Å². The maximum Gasteiger partial charge on any atom is 0.270 e. The molecule has 1 aliphatic heterocycles. The molecule has 0 spiro atoms. The van der Waals surface area contributed by atoms with E-state index in [1.54, 1.807) is 6.07 Å². The molecule has 18 heavy (non-hydrogen) atoms. The summed E-state index contributed by atoms with van der Waals surface area (Å²) in [6, 6.07) is 2.22. The van der Waals surface area contributed by atoms with Crippen molar-refractivity contribution in [1.29, 1.82) is 0 Å². The molecular formula is C13H20ClN3O. The highest BCUT2D eigenvalue weighted by atomic mass is 35.5. The zero-order valence-electron chi connectivity index (χ0n) is 11.1. The Morgan fingerprint density at radius 3 is 2.89 bits per heavy atom. The molecule has 100 valence electrons. The lowest BCUT2D eigenvalue weighted by molar-refractivity contribution is 0.0643. The molecule has 1 aliphatic rings. The van der Waals surface area contributed by atoms with E-state index in [4.69, 9.17) is 11.6 Å². The zero-order chi connectivity index (χ0) is 13.3. The quantitative estimate of drug-likeness (QED) is 0.893. The molecule has 5 heteroatoms. The maximum absolute atomic E-state index is 12.6. The second-order valence-corrected chi connectivity index (χ2v) is 5.53. The minimum Gasteiger partial charge on any atom is -0.339 e. The number of carbonyl (C=O) groups is 1. The molecule has 0 aliphatic carbocycles. The van der Waals surface area contributed by atoms with Crippen LogP contribution in [0.1, 0.15) is 37.3 Å². The van der Waals surface area contributed by atoms with Crippen molar-refractivity contribution >= 4 is 17.5 Å². The average Bonchev–Trinajstić information content (AvgIpc) is 2.71. The van der Waals surface area contributed by atoms with Gasteiger partial charge in [0.25, 0.3) is 5.91 Å². The summed E-state index contributed by atoms with van der Waals surface area (Å²) in [5.41, 5.74) is 0.684. The van der Waals surface area contributed by atoms with Gasteiger partial charge >= 0.3 is 0 Å². The third-order valence-corrected chi connectivity index (χ3v) is 3.56. The number of halogens is 1. The van der Waals surface area contributed by atoms with E-state index in [1.807, 2.05) is 29.5 Å². The van der Waals surface area contributed by atoms with Gasteiger partial charge in [-0.05, 0) is 26.8 Å². The van der Waals surface area contributed by atoms with Gasteiger partial charge in [-0.3, -0.25) is 4.79 Å². The number of amides is 1. The molecule has 1 fully saturated rings. The average molecular weight is 270 g/mol. The van der Waals surface area contributed by atoms with Crippen molar-refractivity contribution in [3.05, 3.63) is 23.0 Å². The van der Waals surface area contributed by atoms with Gasteiger partial charge in [0.15, 0.2) is 0 Å². The van der Waals surface area contributed by atoms with Gasteiger partial charge in [-0.25, -0.2) is 0 Å². The molecule has 0 aromatic carbocycles. The third-order valence-electron chi connectivity index (χ3n) is 3.35. The summed E-state index contributed by atoms with van der Waals surface area (Å²) in [7, 11) is 0. The van der Waals surface area contributed by atoms with Crippen LogP contribution in [0.4, 0.5) is 0 Å². The summed E-state index contributed by atoms with van der Waals surface area (Å²) in [6.45, 7) is 8.62. The molecule has 0 radical (unpaired) electrons. The van der Waals surface area contributed by atoms with Crippen molar-refractivity contribution in [3.8, 4) is 0 Å². The summed E-state index contributed by atoms with van der Waals surface area (Å²) in [6.07, 6.45) is 1.83. The fraction of sp³-hybridized carbons (Fsp3) is 0.615. The Hall–Kier alpha value is -1.00. The van der Waals surface area contributed by atoms with E-state index in [0.29, 0.717) is 10.7 Å².